The minimum absolute atomic E-state index is 0.113. The first-order valence-corrected chi connectivity index (χ1v) is 10.8. The molecule has 1 aromatic heterocycles. The Morgan fingerprint density at radius 3 is 2.62 bits per heavy atom. The van der Waals surface area contributed by atoms with Gasteiger partial charge >= 0.3 is 0 Å². The first-order chi connectivity index (χ1) is 15.4. The number of aromatic nitrogens is 1. The van der Waals surface area contributed by atoms with Crippen molar-refractivity contribution in [1.82, 2.24) is 10.3 Å². The summed E-state index contributed by atoms with van der Waals surface area (Å²) < 4.78 is 5.66. The molecule has 0 unspecified atom stereocenters. The average Bonchev–Trinajstić information content (AvgIpc) is 3.04. The van der Waals surface area contributed by atoms with Crippen molar-refractivity contribution in [3.8, 4) is 5.75 Å². The van der Waals surface area contributed by atoms with Crippen molar-refractivity contribution < 1.29 is 14.3 Å². The van der Waals surface area contributed by atoms with Crippen LogP contribution in [0.4, 0.5) is 5.69 Å². The van der Waals surface area contributed by atoms with Gasteiger partial charge in [0.25, 0.3) is 5.91 Å². The van der Waals surface area contributed by atoms with Crippen LogP contribution in [0.3, 0.4) is 0 Å². The Bertz CT molecular complexity index is 1130. The summed E-state index contributed by atoms with van der Waals surface area (Å²) in [7, 11) is 0. The second-order valence-electron chi connectivity index (χ2n) is 8.26. The molecule has 0 radical (unpaired) electrons. The zero-order valence-corrected chi connectivity index (χ0v) is 18.5. The molecule has 6 nitrogen and oxygen atoms in total. The highest BCUT2D eigenvalue weighted by Crippen LogP contribution is 2.38. The zero-order valence-electron chi connectivity index (χ0n) is 18.5. The van der Waals surface area contributed by atoms with Crippen LogP contribution in [-0.2, 0) is 11.3 Å². The topological polar surface area (TPSA) is 71.5 Å². The number of pyridine rings is 1. The fourth-order valence-corrected chi connectivity index (χ4v) is 3.93. The molecule has 0 aliphatic carbocycles. The third kappa shape index (κ3) is 4.64. The van der Waals surface area contributed by atoms with E-state index in [0.717, 1.165) is 22.6 Å². The average molecular weight is 430 g/mol. The smallest absolute Gasteiger partial charge is 0.260 e. The maximum Gasteiger partial charge on any atom is 0.260 e. The maximum atomic E-state index is 13.1. The number of ether oxygens (including phenoxy) is 1. The normalized spacial score (nSPS) is 15.1. The lowest BCUT2D eigenvalue weighted by atomic mass is 10.1. The molecule has 6 heteroatoms. The standard InChI is InChI=1S/C26H27N3O3/c1-17(2)32-21-11-9-19(10-12-21)16-28-24(30)15-23-25-22(8-5-13-27-25)26(31)29(23)20-7-4-6-18(3)14-20/h4-14,17,23H,15-16H2,1-3H3,(H,28,30)/t23-/m1/s1. The van der Waals surface area contributed by atoms with Crippen molar-refractivity contribution in [2.24, 2.45) is 0 Å². The van der Waals surface area contributed by atoms with Gasteiger partial charge in [0, 0.05) is 18.4 Å². The van der Waals surface area contributed by atoms with Crippen LogP contribution in [0.2, 0.25) is 0 Å². The molecule has 2 heterocycles. The van der Waals surface area contributed by atoms with Crippen LogP contribution in [-0.4, -0.2) is 22.9 Å². The van der Waals surface area contributed by atoms with Gasteiger partial charge in [0.2, 0.25) is 5.91 Å². The first-order valence-electron chi connectivity index (χ1n) is 10.8. The van der Waals surface area contributed by atoms with Gasteiger partial charge in [-0.2, -0.15) is 0 Å². The molecule has 4 rings (SSSR count). The van der Waals surface area contributed by atoms with Crippen molar-refractivity contribution in [2.45, 2.75) is 45.9 Å². The number of benzene rings is 2. The number of fused-ring (bicyclic) bond motifs is 1. The van der Waals surface area contributed by atoms with E-state index in [9.17, 15) is 9.59 Å². The molecule has 0 saturated carbocycles. The molecule has 1 aliphatic heterocycles. The fraction of sp³-hybridized carbons (Fsp3) is 0.269. The molecule has 0 fully saturated rings. The predicted octanol–water partition coefficient (Wildman–Crippen LogP) is 4.59. The van der Waals surface area contributed by atoms with E-state index in [1.165, 1.54) is 0 Å². The number of nitrogens with zero attached hydrogens (tertiary/aromatic N) is 2. The maximum absolute atomic E-state index is 13.1. The van der Waals surface area contributed by atoms with Crippen LogP contribution < -0.4 is 15.0 Å². The van der Waals surface area contributed by atoms with E-state index in [4.69, 9.17) is 4.74 Å². The third-order valence-electron chi connectivity index (χ3n) is 5.36. The van der Waals surface area contributed by atoms with Gasteiger partial charge in [-0.25, -0.2) is 0 Å². The molecule has 2 aromatic carbocycles. The zero-order chi connectivity index (χ0) is 22.7. The first kappa shape index (κ1) is 21.6. The van der Waals surface area contributed by atoms with Gasteiger partial charge in [-0.15, -0.1) is 0 Å². The van der Waals surface area contributed by atoms with Crippen LogP contribution >= 0.6 is 0 Å². The summed E-state index contributed by atoms with van der Waals surface area (Å²) in [6, 6.07) is 18.5. The summed E-state index contributed by atoms with van der Waals surface area (Å²) in [5.41, 5.74) is 3.99. The van der Waals surface area contributed by atoms with Gasteiger partial charge in [0.1, 0.15) is 5.75 Å². The van der Waals surface area contributed by atoms with E-state index in [0.29, 0.717) is 17.8 Å². The van der Waals surface area contributed by atoms with Crippen LogP contribution in [0.25, 0.3) is 0 Å². The Labute approximate surface area is 188 Å². The van der Waals surface area contributed by atoms with E-state index in [1.54, 1.807) is 23.2 Å². The molecule has 0 saturated heterocycles. The summed E-state index contributed by atoms with van der Waals surface area (Å²) in [5.74, 6) is 0.537. The Morgan fingerprint density at radius 2 is 1.91 bits per heavy atom. The Kier molecular flexibility index (Phi) is 6.21. The Hall–Kier alpha value is -3.67. The monoisotopic (exact) mass is 429 g/mol. The van der Waals surface area contributed by atoms with E-state index < -0.39 is 6.04 Å². The van der Waals surface area contributed by atoms with E-state index in [1.807, 2.05) is 69.3 Å². The Balaban J connectivity index is 1.48. The SMILES string of the molecule is Cc1cccc(N2C(=O)c3cccnc3[C@H]2CC(=O)NCc2ccc(OC(C)C)cc2)c1. The summed E-state index contributed by atoms with van der Waals surface area (Å²) >= 11 is 0. The van der Waals surface area contributed by atoms with Gasteiger partial charge in [0.05, 0.1) is 29.8 Å². The largest absolute Gasteiger partial charge is 0.491 e. The van der Waals surface area contributed by atoms with Gasteiger partial charge in [-0.05, 0) is 68.3 Å². The number of hydrogen-bond donors (Lipinski definition) is 1. The number of aryl methyl sites for hydroxylation is 1. The van der Waals surface area contributed by atoms with Crippen LogP contribution in [0.1, 0.15) is 53.5 Å². The quantitative estimate of drug-likeness (QED) is 0.597. The summed E-state index contributed by atoms with van der Waals surface area (Å²) in [5, 5.41) is 2.97. The third-order valence-corrected chi connectivity index (χ3v) is 5.36. The molecule has 3 aromatic rings. The molecule has 32 heavy (non-hydrogen) atoms. The van der Waals surface area contributed by atoms with E-state index >= 15 is 0 Å². The number of anilines is 1. The molecule has 1 N–H and O–H groups in total. The second kappa shape index (κ2) is 9.22. The molecule has 1 atom stereocenters. The van der Waals surface area contributed by atoms with Crippen molar-refractivity contribution in [2.75, 3.05) is 4.90 Å². The van der Waals surface area contributed by atoms with Gasteiger partial charge in [-0.3, -0.25) is 19.5 Å². The summed E-state index contributed by atoms with van der Waals surface area (Å²) in [6.07, 6.45) is 1.91. The number of amides is 2. The van der Waals surface area contributed by atoms with Gasteiger partial charge < -0.3 is 10.1 Å². The minimum Gasteiger partial charge on any atom is -0.491 e. The van der Waals surface area contributed by atoms with Crippen LogP contribution in [0.5, 0.6) is 5.75 Å². The Morgan fingerprint density at radius 1 is 1.12 bits per heavy atom. The molecular weight excluding hydrogens is 402 g/mol. The van der Waals surface area contributed by atoms with E-state index in [2.05, 4.69) is 10.3 Å². The lowest BCUT2D eigenvalue weighted by Crippen LogP contribution is -2.33. The van der Waals surface area contributed by atoms with Crippen molar-refractivity contribution in [3.05, 3.63) is 89.2 Å². The lowest BCUT2D eigenvalue weighted by molar-refractivity contribution is -0.121. The molecule has 164 valence electrons. The van der Waals surface area contributed by atoms with Gasteiger partial charge in [0.15, 0.2) is 0 Å². The molecule has 0 spiro atoms. The molecule has 2 amide bonds. The highest BCUT2D eigenvalue weighted by atomic mass is 16.5. The minimum atomic E-state index is -0.442. The number of hydrogen-bond acceptors (Lipinski definition) is 4. The van der Waals surface area contributed by atoms with Crippen LogP contribution in [0.15, 0.2) is 66.9 Å². The van der Waals surface area contributed by atoms with Crippen molar-refractivity contribution >= 4 is 17.5 Å². The number of carbonyl (C=O) groups is 2. The number of carbonyl (C=O) groups excluding carboxylic acids is 2. The van der Waals surface area contributed by atoms with Gasteiger partial charge in [-0.1, -0.05) is 24.3 Å². The predicted molar refractivity (Wildman–Crippen MR) is 124 cm³/mol. The fourth-order valence-electron chi connectivity index (χ4n) is 3.93. The summed E-state index contributed by atoms with van der Waals surface area (Å²) in [6.45, 7) is 6.35. The molecule has 0 bridgehead atoms. The number of nitrogens with one attached hydrogen (secondary N) is 1. The highest BCUT2D eigenvalue weighted by molar-refractivity contribution is 6.11. The molecular formula is C26H27N3O3. The van der Waals surface area contributed by atoms with Crippen molar-refractivity contribution in [1.29, 1.82) is 0 Å². The number of rotatable bonds is 7. The second-order valence-corrected chi connectivity index (χ2v) is 8.26. The van der Waals surface area contributed by atoms with E-state index in [-0.39, 0.29) is 24.3 Å². The highest BCUT2D eigenvalue weighted by Gasteiger charge is 2.39. The summed E-state index contributed by atoms with van der Waals surface area (Å²) in [4.78, 5) is 32.1. The van der Waals surface area contributed by atoms with Crippen molar-refractivity contribution in [3.63, 3.8) is 0 Å². The lowest BCUT2D eigenvalue weighted by Gasteiger charge is -2.25. The van der Waals surface area contributed by atoms with Crippen LogP contribution in [0, 0.1) is 6.92 Å². The molecule has 1 aliphatic rings.